The summed E-state index contributed by atoms with van der Waals surface area (Å²) >= 11 is 0. The number of carboxylic acids is 2. The largest absolute Gasteiger partial charge is 0.495 e. The van der Waals surface area contributed by atoms with Crippen molar-refractivity contribution >= 4 is 23.7 Å². The van der Waals surface area contributed by atoms with E-state index in [0.717, 1.165) is 37.6 Å². The number of nitrogens with zero attached hydrogens (tertiary/aromatic N) is 3. The number of benzene rings is 1. The second kappa shape index (κ2) is 11.8. The van der Waals surface area contributed by atoms with Crippen molar-refractivity contribution in [3.05, 3.63) is 46.8 Å². The van der Waals surface area contributed by atoms with Gasteiger partial charge < -0.3 is 30.5 Å². The van der Waals surface area contributed by atoms with Crippen LogP contribution in [0.1, 0.15) is 20.3 Å². The van der Waals surface area contributed by atoms with Crippen molar-refractivity contribution < 1.29 is 34.5 Å². The van der Waals surface area contributed by atoms with Crippen molar-refractivity contribution in [2.24, 2.45) is 0 Å². The summed E-state index contributed by atoms with van der Waals surface area (Å²) < 4.78 is 5.44. The number of para-hydroxylation sites is 2. The van der Waals surface area contributed by atoms with Gasteiger partial charge in [0.25, 0.3) is 0 Å². The molecule has 0 bridgehead atoms. The van der Waals surface area contributed by atoms with Crippen LogP contribution in [-0.2, 0) is 9.59 Å². The lowest BCUT2D eigenvalue weighted by Crippen LogP contribution is -2.51. The number of carbonyl (C=O) groups is 3. The van der Waals surface area contributed by atoms with Gasteiger partial charge in [0.2, 0.25) is 0 Å². The highest BCUT2D eigenvalue weighted by Gasteiger charge is 2.37. The number of amides is 2. The van der Waals surface area contributed by atoms with Gasteiger partial charge in [-0.25, -0.2) is 19.4 Å². The Kier molecular flexibility index (Phi) is 8.78. The van der Waals surface area contributed by atoms with Gasteiger partial charge in [0, 0.05) is 44.1 Å². The lowest BCUT2D eigenvalue weighted by Gasteiger charge is -2.36. The van der Waals surface area contributed by atoms with E-state index in [1.807, 2.05) is 24.3 Å². The number of allylic oxidation sites excluding steroid dienone is 2. The second-order valence-electron chi connectivity index (χ2n) is 8.67. The molecule has 0 spiro atoms. The molecule has 0 atom stereocenters. The van der Waals surface area contributed by atoms with Crippen molar-refractivity contribution in [2.45, 2.75) is 26.3 Å². The van der Waals surface area contributed by atoms with E-state index in [9.17, 15) is 29.8 Å². The Labute approximate surface area is 209 Å². The van der Waals surface area contributed by atoms with E-state index in [2.05, 4.69) is 20.4 Å². The van der Waals surface area contributed by atoms with Gasteiger partial charge in [0.15, 0.2) is 0 Å². The third-order valence-electron chi connectivity index (χ3n) is 6.37. The summed E-state index contributed by atoms with van der Waals surface area (Å²) in [5, 5.41) is 34.9. The molecule has 1 fully saturated rings. The SMILES string of the molecule is COc1ccccc1N1CCN(CCCN(O)C(=O)NC2C(C(=O)O)=C(C)NC(C)=C2C(=O)O)CC1. The third-order valence-corrected chi connectivity index (χ3v) is 6.37. The summed E-state index contributed by atoms with van der Waals surface area (Å²) in [4.78, 5) is 40.6. The average Bonchev–Trinajstić information content (AvgIpc) is 2.83. The van der Waals surface area contributed by atoms with Gasteiger partial charge in [-0.3, -0.25) is 10.1 Å². The van der Waals surface area contributed by atoms with Crippen LogP contribution in [0.2, 0.25) is 0 Å². The summed E-state index contributed by atoms with van der Waals surface area (Å²) in [5.41, 5.74) is 0.880. The molecule has 196 valence electrons. The van der Waals surface area contributed by atoms with Gasteiger partial charge in [0.05, 0.1) is 36.5 Å². The number of carbonyl (C=O) groups excluding carboxylic acids is 1. The predicted octanol–water partition coefficient (Wildman–Crippen LogP) is 1.30. The molecule has 1 aromatic rings. The van der Waals surface area contributed by atoms with Crippen LogP contribution in [-0.4, -0.2) is 95.8 Å². The number of nitrogens with one attached hydrogen (secondary N) is 2. The molecule has 0 saturated carbocycles. The highest BCUT2D eigenvalue weighted by atomic mass is 16.5. The van der Waals surface area contributed by atoms with E-state index >= 15 is 0 Å². The zero-order valence-electron chi connectivity index (χ0n) is 20.7. The monoisotopic (exact) mass is 503 g/mol. The maximum atomic E-state index is 12.6. The fourth-order valence-electron chi connectivity index (χ4n) is 4.55. The molecule has 0 unspecified atom stereocenters. The zero-order chi connectivity index (χ0) is 26.4. The number of hydrogen-bond donors (Lipinski definition) is 5. The fourth-order valence-corrected chi connectivity index (χ4v) is 4.55. The lowest BCUT2D eigenvalue weighted by atomic mass is 9.92. The van der Waals surface area contributed by atoms with Crippen LogP contribution in [0.3, 0.4) is 0 Å². The molecule has 1 aromatic carbocycles. The number of anilines is 1. The minimum Gasteiger partial charge on any atom is -0.495 e. The van der Waals surface area contributed by atoms with E-state index in [4.69, 9.17) is 4.74 Å². The quantitative estimate of drug-likeness (QED) is 0.246. The number of aliphatic carboxylic acids is 2. The van der Waals surface area contributed by atoms with Gasteiger partial charge in [-0.15, -0.1) is 0 Å². The fraction of sp³-hybridized carbons (Fsp3) is 0.458. The molecule has 0 aromatic heterocycles. The van der Waals surface area contributed by atoms with Crippen molar-refractivity contribution in [1.82, 2.24) is 20.6 Å². The molecule has 5 N–H and O–H groups in total. The molecule has 2 aliphatic rings. The zero-order valence-corrected chi connectivity index (χ0v) is 20.7. The van der Waals surface area contributed by atoms with E-state index in [1.54, 1.807) is 7.11 Å². The first-order chi connectivity index (χ1) is 17.1. The Morgan fingerprint density at radius 1 is 1.06 bits per heavy atom. The number of piperazine rings is 1. The van der Waals surface area contributed by atoms with Crippen LogP contribution in [0.25, 0.3) is 0 Å². The third kappa shape index (κ3) is 6.07. The Hall–Kier alpha value is -3.77. The normalized spacial score (nSPS) is 17.1. The second-order valence-corrected chi connectivity index (χ2v) is 8.67. The number of hydrogen-bond acceptors (Lipinski definition) is 8. The van der Waals surface area contributed by atoms with Crippen LogP contribution in [0.4, 0.5) is 10.5 Å². The molecule has 2 amide bonds. The maximum absolute atomic E-state index is 12.6. The molecule has 1 saturated heterocycles. The maximum Gasteiger partial charge on any atom is 0.341 e. The van der Waals surface area contributed by atoms with Crippen LogP contribution in [0.15, 0.2) is 46.8 Å². The molecule has 2 heterocycles. The van der Waals surface area contributed by atoms with Crippen LogP contribution < -0.4 is 20.3 Å². The number of methoxy groups -OCH3 is 1. The summed E-state index contributed by atoms with van der Waals surface area (Å²) in [6.45, 7) is 6.85. The molecule has 3 rings (SSSR count). The van der Waals surface area contributed by atoms with Crippen LogP contribution in [0, 0.1) is 0 Å². The highest BCUT2D eigenvalue weighted by Crippen LogP contribution is 2.28. The van der Waals surface area contributed by atoms with Crippen LogP contribution >= 0.6 is 0 Å². The Morgan fingerprint density at radius 2 is 1.64 bits per heavy atom. The van der Waals surface area contributed by atoms with Crippen molar-refractivity contribution in [1.29, 1.82) is 0 Å². The van der Waals surface area contributed by atoms with E-state index < -0.39 is 24.0 Å². The van der Waals surface area contributed by atoms with Gasteiger partial charge in [-0.2, -0.15) is 0 Å². The van der Waals surface area contributed by atoms with Crippen LogP contribution in [0.5, 0.6) is 5.75 Å². The summed E-state index contributed by atoms with van der Waals surface area (Å²) in [7, 11) is 1.65. The lowest BCUT2D eigenvalue weighted by molar-refractivity contribution is -0.133. The molecule has 12 heteroatoms. The topological polar surface area (TPSA) is 155 Å². The minimum absolute atomic E-state index is 0.000270. The minimum atomic E-state index is -1.41. The summed E-state index contributed by atoms with van der Waals surface area (Å²) in [6, 6.07) is 5.48. The number of ether oxygens (including phenoxy) is 1. The first kappa shape index (κ1) is 26.8. The van der Waals surface area contributed by atoms with Crippen molar-refractivity contribution in [3.8, 4) is 5.75 Å². The highest BCUT2D eigenvalue weighted by molar-refractivity contribution is 5.99. The Balaban J connectivity index is 1.51. The summed E-state index contributed by atoms with van der Waals surface area (Å²) in [5.74, 6) is -1.91. The Morgan fingerprint density at radius 3 is 2.19 bits per heavy atom. The summed E-state index contributed by atoms with van der Waals surface area (Å²) in [6.07, 6.45) is 0.478. The van der Waals surface area contributed by atoms with Gasteiger partial charge in [-0.05, 0) is 32.4 Å². The smallest absolute Gasteiger partial charge is 0.341 e. The standard InChI is InChI=1S/C24H33N5O7/c1-15-19(22(30)31)21(20(23(32)33)16(2)25-15)26-24(34)29(35)10-6-9-27-11-13-28(14-12-27)17-7-4-5-8-18(17)36-3/h4-5,7-8,21,25,35H,6,9-14H2,1-3H3,(H,26,34)(H,30,31)(H,32,33). The van der Waals surface area contributed by atoms with Gasteiger partial charge in [-0.1, -0.05) is 12.1 Å². The molecule has 0 radical (unpaired) electrons. The van der Waals surface area contributed by atoms with E-state index in [0.29, 0.717) is 18.0 Å². The average molecular weight is 504 g/mol. The first-order valence-corrected chi connectivity index (χ1v) is 11.7. The number of dihydropyridines is 1. The number of hydroxylamine groups is 2. The van der Waals surface area contributed by atoms with Crippen molar-refractivity contribution in [2.75, 3.05) is 51.3 Å². The number of rotatable bonds is 9. The number of carboxylic acid groups (broad SMARTS) is 2. The molecular formula is C24H33N5O7. The van der Waals surface area contributed by atoms with Crippen molar-refractivity contribution in [3.63, 3.8) is 0 Å². The molecule has 0 aliphatic carbocycles. The predicted molar refractivity (Wildman–Crippen MR) is 131 cm³/mol. The van der Waals surface area contributed by atoms with Gasteiger partial charge >= 0.3 is 18.0 Å². The van der Waals surface area contributed by atoms with E-state index in [1.165, 1.54) is 13.8 Å². The molecule has 36 heavy (non-hydrogen) atoms. The molecule has 2 aliphatic heterocycles. The van der Waals surface area contributed by atoms with Gasteiger partial charge in [0.1, 0.15) is 5.75 Å². The Bertz CT molecular complexity index is 1030. The first-order valence-electron chi connectivity index (χ1n) is 11.7. The molecular weight excluding hydrogens is 470 g/mol. The molecule has 12 nitrogen and oxygen atoms in total. The number of urea groups is 1. The van der Waals surface area contributed by atoms with E-state index in [-0.39, 0.29) is 29.1 Å².